The summed E-state index contributed by atoms with van der Waals surface area (Å²) in [6, 6.07) is 3.40. The highest BCUT2D eigenvalue weighted by molar-refractivity contribution is 5.57. The molecule has 0 saturated carbocycles. The number of methoxy groups -OCH3 is 1. The first kappa shape index (κ1) is 21.2. The topological polar surface area (TPSA) is 108 Å². The molecular formula is C21H20F2N6O4. The van der Waals surface area contributed by atoms with Gasteiger partial charge in [-0.3, -0.25) is 9.47 Å². The predicted molar refractivity (Wildman–Crippen MR) is 111 cm³/mol. The number of hydrogen-bond acceptors (Lipinski definition) is 8. The highest BCUT2D eigenvalue weighted by Gasteiger charge is 2.42. The average Bonchev–Trinajstić information content (AvgIpc) is 3.27. The Labute approximate surface area is 187 Å². The summed E-state index contributed by atoms with van der Waals surface area (Å²) in [5.74, 6) is -1.09. The molecule has 0 amide bonds. The van der Waals surface area contributed by atoms with Gasteiger partial charge in [0.15, 0.2) is 5.82 Å². The lowest BCUT2D eigenvalue weighted by Gasteiger charge is -2.34. The summed E-state index contributed by atoms with van der Waals surface area (Å²) in [5, 5.41) is 10.9. The molecule has 0 N–H and O–H groups in total. The van der Waals surface area contributed by atoms with Crippen molar-refractivity contribution >= 4 is 5.82 Å². The summed E-state index contributed by atoms with van der Waals surface area (Å²) in [7, 11) is 1.49. The highest BCUT2D eigenvalue weighted by atomic mass is 19.1. The number of nitrogens with zero attached hydrogens (tertiary/aromatic N) is 6. The molecule has 2 aliphatic rings. The molecule has 0 spiro atoms. The highest BCUT2D eigenvalue weighted by Crippen LogP contribution is 2.34. The van der Waals surface area contributed by atoms with Crippen molar-refractivity contribution in [2.45, 2.75) is 32.0 Å². The molecular weight excluding hydrogens is 438 g/mol. The minimum atomic E-state index is -0.702. The fourth-order valence-electron chi connectivity index (χ4n) is 4.39. The van der Waals surface area contributed by atoms with Crippen molar-refractivity contribution in [3.63, 3.8) is 0 Å². The first-order valence-corrected chi connectivity index (χ1v) is 10.3. The molecule has 1 atom stereocenters. The van der Waals surface area contributed by atoms with Crippen LogP contribution in [0.4, 0.5) is 14.6 Å². The zero-order chi connectivity index (χ0) is 23.3. The minimum Gasteiger partial charge on any atom is -0.481 e. The van der Waals surface area contributed by atoms with Crippen LogP contribution in [0.15, 0.2) is 24.4 Å². The van der Waals surface area contributed by atoms with Gasteiger partial charge in [-0.25, -0.2) is 13.8 Å². The molecule has 0 bridgehead atoms. The number of hydrogen-bond donors (Lipinski definition) is 0. The van der Waals surface area contributed by atoms with E-state index in [2.05, 4.69) is 19.9 Å². The molecule has 3 aromatic rings. The van der Waals surface area contributed by atoms with Crippen LogP contribution in [0.1, 0.15) is 18.2 Å². The molecule has 0 radical (unpaired) electrons. The Hall–Kier alpha value is -3.67. The maximum Gasteiger partial charge on any atom is 0.415 e. The molecule has 1 aromatic carbocycles. The lowest BCUT2D eigenvalue weighted by molar-refractivity contribution is -0.389. The molecule has 5 rings (SSSR count). The maximum absolute atomic E-state index is 13.7. The number of ether oxygens (including phenoxy) is 2. The largest absolute Gasteiger partial charge is 0.481 e. The van der Waals surface area contributed by atoms with Crippen molar-refractivity contribution in [2.75, 3.05) is 20.2 Å². The molecule has 172 valence electrons. The molecule has 12 heteroatoms. The van der Waals surface area contributed by atoms with Crippen LogP contribution in [0.2, 0.25) is 0 Å². The number of imidazole rings is 1. The van der Waals surface area contributed by atoms with Gasteiger partial charge in [-0.15, -0.1) is 0 Å². The van der Waals surface area contributed by atoms with Crippen LogP contribution in [0.3, 0.4) is 0 Å². The number of halogens is 2. The summed E-state index contributed by atoms with van der Waals surface area (Å²) in [6.45, 7) is 4.08. The SMILES string of the molecule is COc1nc(-c2cc(F)cc(F)c2)nc2c1CN(CC1(C)Cn3cc([N+](=O)[O-])nc3O1)CC2. The summed E-state index contributed by atoms with van der Waals surface area (Å²) >= 11 is 0. The van der Waals surface area contributed by atoms with Gasteiger partial charge in [0.1, 0.15) is 23.4 Å². The Morgan fingerprint density at radius 2 is 2.00 bits per heavy atom. The number of rotatable bonds is 5. The summed E-state index contributed by atoms with van der Waals surface area (Å²) in [5.41, 5.74) is 1.20. The van der Waals surface area contributed by atoms with Gasteiger partial charge < -0.3 is 19.6 Å². The van der Waals surface area contributed by atoms with Crippen molar-refractivity contribution in [2.24, 2.45) is 0 Å². The second-order valence-corrected chi connectivity index (χ2v) is 8.42. The maximum atomic E-state index is 13.7. The molecule has 33 heavy (non-hydrogen) atoms. The van der Waals surface area contributed by atoms with Crippen molar-refractivity contribution in [1.29, 1.82) is 0 Å². The van der Waals surface area contributed by atoms with E-state index >= 15 is 0 Å². The second kappa shape index (κ2) is 7.73. The Kier molecular flexibility index (Phi) is 4.96. The standard InChI is InChI=1S/C21H20F2N6O4/c1-21(11-28-9-17(29(30)31)25-20(28)33-21)10-27-4-3-16-15(8-27)19(32-2)26-18(24-16)12-5-13(22)7-14(23)6-12/h5-7,9H,3-4,8,10-11H2,1-2H3. The smallest absolute Gasteiger partial charge is 0.415 e. The van der Waals surface area contributed by atoms with E-state index in [-0.39, 0.29) is 23.2 Å². The summed E-state index contributed by atoms with van der Waals surface area (Å²) in [6.07, 6.45) is 1.96. The van der Waals surface area contributed by atoms with Crippen LogP contribution >= 0.6 is 0 Å². The lowest BCUT2D eigenvalue weighted by atomic mass is 10.0. The number of fused-ring (bicyclic) bond motifs is 2. The Morgan fingerprint density at radius 1 is 1.24 bits per heavy atom. The van der Waals surface area contributed by atoms with Crippen molar-refractivity contribution in [1.82, 2.24) is 24.4 Å². The van der Waals surface area contributed by atoms with Gasteiger partial charge in [0, 0.05) is 48.2 Å². The van der Waals surface area contributed by atoms with Gasteiger partial charge in [0.25, 0.3) is 0 Å². The Morgan fingerprint density at radius 3 is 2.67 bits per heavy atom. The summed E-state index contributed by atoms with van der Waals surface area (Å²) < 4.78 is 40.4. The third-order valence-corrected chi connectivity index (χ3v) is 5.73. The number of benzene rings is 1. The van der Waals surface area contributed by atoms with Gasteiger partial charge >= 0.3 is 11.8 Å². The molecule has 0 fully saturated rings. The quantitative estimate of drug-likeness (QED) is 0.424. The third-order valence-electron chi connectivity index (χ3n) is 5.73. The van der Waals surface area contributed by atoms with Crippen LogP contribution < -0.4 is 9.47 Å². The Bertz CT molecular complexity index is 1200. The van der Waals surface area contributed by atoms with Crippen LogP contribution in [-0.2, 0) is 19.5 Å². The van der Waals surface area contributed by atoms with Crippen LogP contribution in [-0.4, -0.2) is 55.1 Å². The first-order chi connectivity index (χ1) is 15.7. The van der Waals surface area contributed by atoms with E-state index in [4.69, 9.17) is 9.47 Å². The average molecular weight is 458 g/mol. The second-order valence-electron chi connectivity index (χ2n) is 8.42. The number of nitro groups is 1. The predicted octanol–water partition coefficient (Wildman–Crippen LogP) is 2.74. The van der Waals surface area contributed by atoms with Gasteiger partial charge in [-0.2, -0.15) is 4.98 Å². The fraction of sp³-hybridized carbons (Fsp3) is 0.381. The number of aromatic nitrogens is 4. The fourth-order valence-corrected chi connectivity index (χ4v) is 4.39. The Balaban J connectivity index is 1.35. The van der Waals surface area contributed by atoms with Gasteiger partial charge in [-0.05, 0) is 24.0 Å². The molecule has 0 saturated heterocycles. The molecule has 2 aromatic heterocycles. The van der Waals surface area contributed by atoms with Gasteiger partial charge in [-0.1, -0.05) is 0 Å². The van der Waals surface area contributed by atoms with Gasteiger partial charge in [0.05, 0.1) is 19.3 Å². The van der Waals surface area contributed by atoms with Crippen molar-refractivity contribution in [3.05, 3.63) is 57.4 Å². The van der Waals surface area contributed by atoms with Gasteiger partial charge in [0.2, 0.25) is 5.88 Å². The normalized spacial score (nSPS) is 19.6. The van der Waals surface area contributed by atoms with E-state index in [1.165, 1.54) is 25.4 Å². The molecule has 10 nitrogen and oxygen atoms in total. The first-order valence-electron chi connectivity index (χ1n) is 10.3. The van der Waals surface area contributed by atoms with Crippen molar-refractivity contribution in [3.8, 4) is 23.3 Å². The molecule has 4 heterocycles. The molecule has 0 aliphatic carbocycles. The molecule has 2 aliphatic heterocycles. The van der Waals surface area contributed by atoms with Crippen LogP contribution in [0.25, 0.3) is 11.4 Å². The zero-order valence-electron chi connectivity index (χ0n) is 17.9. The van der Waals surface area contributed by atoms with E-state index in [0.717, 1.165) is 17.3 Å². The minimum absolute atomic E-state index is 0.204. The zero-order valence-corrected chi connectivity index (χ0v) is 17.9. The van der Waals surface area contributed by atoms with Crippen LogP contribution in [0, 0.1) is 21.7 Å². The third kappa shape index (κ3) is 3.97. The molecule has 1 unspecified atom stereocenters. The lowest BCUT2D eigenvalue weighted by Crippen LogP contribution is -2.46. The van der Waals surface area contributed by atoms with E-state index in [1.807, 2.05) is 6.92 Å². The van der Waals surface area contributed by atoms with E-state index in [1.54, 1.807) is 4.57 Å². The van der Waals surface area contributed by atoms with E-state index in [9.17, 15) is 18.9 Å². The monoisotopic (exact) mass is 458 g/mol. The van der Waals surface area contributed by atoms with Crippen LogP contribution in [0.5, 0.6) is 11.9 Å². The van der Waals surface area contributed by atoms with Crippen molar-refractivity contribution < 1.29 is 23.2 Å². The summed E-state index contributed by atoms with van der Waals surface area (Å²) in [4.78, 5) is 25.4. The van der Waals surface area contributed by atoms with E-state index in [0.29, 0.717) is 38.5 Å². The van der Waals surface area contributed by atoms with E-state index < -0.39 is 22.2 Å².